The maximum atomic E-state index is 4.40. The molecule has 2 heterocycles. The van der Waals surface area contributed by atoms with Crippen LogP contribution >= 0.6 is 23.1 Å². The molecule has 2 fully saturated rings. The molecule has 1 aliphatic carbocycles. The topological polar surface area (TPSA) is 52.6 Å². The summed E-state index contributed by atoms with van der Waals surface area (Å²) in [6, 6.07) is 1.42. The number of aromatic nitrogens is 1. The van der Waals surface area contributed by atoms with Crippen molar-refractivity contribution in [2.45, 2.75) is 67.8 Å². The third kappa shape index (κ3) is 6.43. The van der Waals surface area contributed by atoms with E-state index in [-0.39, 0.29) is 0 Å². The van der Waals surface area contributed by atoms with Gasteiger partial charge in [0, 0.05) is 56.1 Å². The zero-order valence-corrected chi connectivity index (χ0v) is 17.6. The molecule has 1 aliphatic heterocycles. The van der Waals surface area contributed by atoms with E-state index < -0.39 is 0 Å². The van der Waals surface area contributed by atoms with Crippen molar-refractivity contribution < 1.29 is 0 Å². The lowest BCUT2D eigenvalue weighted by molar-refractivity contribution is 0.119. The van der Waals surface area contributed by atoms with Crippen LogP contribution in [0.2, 0.25) is 0 Å². The second-order valence-electron chi connectivity index (χ2n) is 7.25. The van der Waals surface area contributed by atoms with Crippen molar-refractivity contribution in [1.29, 1.82) is 0 Å². The normalized spacial score (nSPS) is 21.0. The number of aliphatic imine (C=N–C) groups is 1. The molecule has 1 aromatic heterocycles. The van der Waals surface area contributed by atoms with Crippen LogP contribution < -0.4 is 10.6 Å². The van der Waals surface area contributed by atoms with Crippen molar-refractivity contribution >= 4 is 29.1 Å². The molecule has 1 saturated carbocycles. The highest BCUT2D eigenvalue weighted by Crippen LogP contribution is 2.25. The zero-order chi connectivity index (χ0) is 18.0. The average molecular weight is 396 g/mol. The van der Waals surface area contributed by atoms with Gasteiger partial charge in [0.2, 0.25) is 0 Å². The predicted molar refractivity (Wildman–Crippen MR) is 113 cm³/mol. The second-order valence-corrected chi connectivity index (χ2v) is 9.48. The Morgan fingerprint density at radius 2 is 2.08 bits per heavy atom. The summed E-state index contributed by atoms with van der Waals surface area (Å²) in [6.45, 7) is 3.44. The fourth-order valence-corrected chi connectivity index (χ4v) is 5.61. The molecule has 2 aliphatic rings. The minimum atomic E-state index is 0.561. The standard InChI is InChI=1S/C19H33N5S2/c1-20-18(21-10-5-14-25-19-22-11-15-26-19)23-16-8-12-24(13-9-16)17-6-3-2-4-7-17/h11,15-17H,2-10,12-14H2,1H3,(H2,20,21,23). The lowest BCUT2D eigenvalue weighted by atomic mass is 9.92. The molecule has 0 spiro atoms. The smallest absolute Gasteiger partial charge is 0.191 e. The zero-order valence-electron chi connectivity index (χ0n) is 16.0. The van der Waals surface area contributed by atoms with E-state index in [1.54, 1.807) is 11.3 Å². The van der Waals surface area contributed by atoms with Gasteiger partial charge in [-0.15, -0.1) is 11.3 Å². The highest BCUT2D eigenvalue weighted by molar-refractivity contribution is 8.00. The SMILES string of the molecule is CN=C(NCCCSc1nccs1)NC1CCN(C2CCCCC2)CC1. The largest absolute Gasteiger partial charge is 0.356 e. The Kier molecular flexibility index (Phi) is 8.55. The Hall–Kier alpha value is -0.790. The van der Waals surface area contributed by atoms with Gasteiger partial charge in [-0.05, 0) is 32.1 Å². The molecule has 0 radical (unpaired) electrons. The monoisotopic (exact) mass is 395 g/mol. The van der Waals surface area contributed by atoms with Crippen LogP contribution in [0.5, 0.6) is 0 Å². The van der Waals surface area contributed by atoms with Crippen molar-refractivity contribution in [3.8, 4) is 0 Å². The van der Waals surface area contributed by atoms with Crippen LogP contribution in [-0.4, -0.2) is 60.4 Å². The summed E-state index contributed by atoms with van der Waals surface area (Å²) in [7, 11) is 1.87. The molecule has 3 rings (SSSR count). The van der Waals surface area contributed by atoms with Gasteiger partial charge in [0.1, 0.15) is 4.34 Å². The van der Waals surface area contributed by atoms with Gasteiger partial charge in [0.15, 0.2) is 5.96 Å². The van der Waals surface area contributed by atoms with Gasteiger partial charge in [-0.2, -0.15) is 0 Å². The minimum absolute atomic E-state index is 0.561. The first-order valence-electron chi connectivity index (χ1n) is 10.1. The molecule has 0 atom stereocenters. The number of thioether (sulfide) groups is 1. The number of nitrogens with zero attached hydrogens (tertiary/aromatic N) is 3. The Bertz CT molecular complexity index is 520. The molecule has 146 valence electrons. The van der Waals surface area contributed by atoms with Gasteiger partial charge >= 0.3 is 0 Å². The molecule has 7 heteroatoms. The molecule has 0 bridgehead atoms. The van der Waals surface area contributed by atoms with Gasteiger partial charge in [-0.25, -0.2) is 4.98 Å². The second kappa shape index (κ2) is 11.1. The Morgan fingerprint density at radius 3 is 2.77 bits per heavy atom. The van der Waals surface area contributed by atoms with Gasteiger partial charge in [0.25, 0.3) is 0 Å². The van der Waals surface area contributed by atoms with Crippen LogP contribution in [0.15, 0.2) is 20.9 Å². The number of hydrogen-bond acceptors (Lipinski definition) is 5. The number of nitrogens with one attached hydrogen (secondary N) is 2. The van der Waals surface area contributed by atoms with Gasteiger partial charge in [-0.1, -0.05) is 31.0 Å². The van der Waals surface area contributed by atoms with E-state index in [0.29, 0.717) is 6.04 Å². The molecule has 2 N–H and O–H groups in total. The summed E-state index contributed by atoms with van der Waals surface area (Å²) < 4.78 is 1.16. The number of guanidine groups is 1. The van der Waals surface area contributed by atoms with Gasteiger partial charge < -0.3 is 15.5 Å². The van der Waals surface area contributed by atoms with Crippen molar-refractivity contribution in [3.05, 3.63) is 11.6 Å². The lowest BCUT2D eigenvalue weighted by Crippen LogP contribution is -2.51. The third-order valence-electron chi connectivity index (χ3n) is 5.43. The fourth-order valence-electron chi connectivity index (χ4n) is 3.96. The van der Waals surface area contributed by atoms with E-state index >= 15 is 0 Å². The Morgan fingerprint density at radius 1 is 1.27 bits per heavy atom. The number of hydrogen-bond donors (Lipinski definition) is 2. The van der Waals surface area contributed by atoms with Crippen LogP contribution in [0.3, 0.4) is 0 Å². The van der Waals surface area contributed by atoms with Crippen LogP contribution in [-0.2, 0) is 0 Å². The van der Waals surface area contributed by atoms with Crippen molar-refractivity contribution in [2.75, 3.05) is 32.4 Å². The molecule has 1 aromatic rings. The van der Waals surface area contributed by atoms with E-state index in [9.17, 15) is 0 Å². The molecule has 0 amide bonds. The summed E-state index contributed by atoms with van der Waals surface area (Å²) >= 11 is 3.55. The van der Waals surface area contributed by atoms with E-state index in [4.69, 9.17) is 0 Å². The average Bonchev–Trinajstić information content (AvgIpc) is 3.21. The first kappa shape index (κ1) is 20.0. The first-order chi connectivity index (χ1) is 12.8. The highest BCUT2D eigenvalue weighted by Gasteiger charge is 2.26. The molecular formula is C19H33N5S2. The molecule has 0 unspecified atom stereocenters. The van der Waals surface area contributed by atoms with Crippen LogP contribution in [0.25, 0.3) is 0 Å². The number of piperidine rings is 1. The maximum absolute atomic E-state index is 4.40. The molecule has 5 nitrogen and oxygen atoms in total. The number of rotatable bonds is 7. The fraction of sp³-hybridized carbons (Fsp3) is 0.789. The van der Waals surface area contributed by atoms with Crippen molar-refractivity contribution in [3.63, 3.8) is 0 Å². The van der Waals surface area contributed by atoms with Gasteiger partial charge in [-0.3, -0.25) is 4.99 Å². The molecular weight excluding hydrogens is 362 g/mol. The van der Waals surface area contributed by atoms with E-state index in [1.165, 1.54) is 58.0 Å². The summed E-state index contributed by atoms with van der Waals surface area (Å²) in [5.74, 6) is 2.05. The quantitative estimate of drug-likeness (QED) is 0.320. The number of likely N-dealkylation sites (tertiary alicyclic amines) is 1. The van der Waals surface area contributed by atoms with Crippen LogP contribution in [0.4, 0.5) is 0 Å². The Labute approximate surface area is 166 Å². The maximum Gasteiger partial charge on any atom is 0.191 e. The minimum Gasteiger partial charge on any atom is -0.356 e. The van der Waals surface area contributed by atoms with Gasteiger partial charge in [0.05, 0.1) is 0 Å². The van der Waals surface area contributed by atoms with Crippen LogP contribution in [0, 0.1) is 0 Å². The first-order valence-corrected chi connectivity index (χ1v) is 11.9. The molecule has 1 saturated heterocycles. The summed E-state index contributed by atoms with van der Waals surface area (Å²) in [5, 5.41) is 9.13. The molecule has 0 aromatic carbocycles. The Balaban J connectivity index is 1.28. The van der Waals surface area contributed by atoms with E-state index in [1.807, 2.05) is 30.4 Å². The predicted octanol–water partition coefficient (Wildman–Crippen LogP) is 3.59. The summed E-state index contributed by atoms with van der Waals surface area (Å²) in [5.41, 5.74) is 0. The van der Waals surface area contributed by atoms with E-state index in [0.717, 1.165) is 35.1 Å². The lowest BCUT2D eigenvalue weighted by Gasteiger charge is -2.39. The summed E-state index contributed by atoms with van der Waals surface area (Å²) in [4.78, 5) is 11.4. The van der Waals surface area contributed by atoms with Crippen molar-refractivity contribution in [1.82, 2.24) is 20.5 Å². The molecule has 26 heavy (non-hydrogen) atoms. The highest BCUT2D eigenvalue weighted by atomic mass is 32.2. The number of thiazole rings is 1. The van der Waals surface area contributed by atoms with Crippen molar-refractivity contribution in [2.24, 2.45) is 4.99 Å². The summed E-state index contributed by atoms with van der Waals surface area (Å²) in [6.07, 6.45) is 12.6. The third-order valence-corrected chi connectivity index (χ3v) is 7.49. The van der Waals surface area contributed by atoms with Crippen LogP contribution in [0.1, 0.15) is 51.4 Å². The van der Waals surface area contributed by atoms with E-state index in [2.05, 4.69) is 25.5 Å².